The van der Waals surface area contributed by atoms with Gasteiger partial charge in [-0.1, -0.05) is 0 Å². The summed E-state index contributed by atoms with van der Waals surface area (Å²) in [6.07, 6.45) is 0. The van der Waals surface area contributed by atoms with Gasteiger partial charge < -0.3 is 15.8 Å². The van der Waals surface area contributed by atoms with Crippen molar-refractivity contribution in [2.45, 2.75) is 0 Å². The number of carbonyl (C=O) groups excluding carboxylic acids is 2. The Morgan fingerprint density at radius 1 is 1.12 bits per heavy atom. The topological polar surface area (TPSA) is 93.4 Å². The van der Waals surface area contributed by atoms with Crippen LogP contribution in [0, 0.1) is 0 Å². The fourth-order valence-corrected chi connectivity index (χ4v) is 2.61. The third-order valence-corrected chi connectivity index (χ3v) is 3.89. The van der Waals surface area contributed by atoms with Crippen molar-refractivity contribution in [1.29, 1.82) is 0 Å². The van der Waals surface area contributed by atoms with Gasteiger partial charge in [-0.3, -0.25) is 14.9 Å². The Kier molecular flexibility index (Phi) is 5.88. The lowest BCUT2D eigenvalue weighted by atomic mass is 10.2. The first-order chi connectivity index (χ1) is 11.4. The average molecular weight is 408 g/mol. The van der Waals surface area contributed by atoms with Crippen molar-refractivity contribution in [2.24, 2.45) is 5.73 Å². The van der Waals surface area contributed by atoms with Gasteiger partial charge in [-0.25, -0.2) is 0 Å². The van der Waals surface area contributed by atoms with E-state index < -0.39 is 5.91 Å². The zero-order valence-corrected chi connectivity index (χ0v) is 15.0. The van der Waals surface area contributed by atoms with Crippen LogP contribution in [0.5, 0.6) is 5.75 Å². The number of carbonyl (C=O) groups is 2. The van der Waals surface area contributed by atoms with E-state index >= 15 is 0 Å². The predicted octanol–water partition coefficient (Wildman–Crippen LogP) is 2.68. The molecule has 2 amide bonds. The molecule has 0 spiro atoms. The molecule has 0 heterocycles. The van der Waals surface area contributed by atoms with E-state index in [1.165, 1.54) is 0 Å². The monoisotopic (exact) mass is 407 g/mol. The van der Waals surface area contributed by atoms with Crippen molar-refractivity contribution >= 4 is 50.8 Å². The maximum atomic E-state index is 12.2. The minimum atomic E-state index is -0.512. The smallest absolute Gasteiger partial charge is 0.257 e. The number of methoxy groups -OCH3 is 1. The molecule has 0 fully saturated rings. The summed E-state index contributed by atoms with van der Waals surface area (Å²) in [6.45, 7) is 0. The second-order valence-electron chi connectivity index (χ2n) is 4.70. The summed E-state index contributed by atoms with van der Waals surface area (Å²) in [5, 5.41) is 5.57. The first kappa shape index (κ1) is 17.9. The number of hydrogen-bond donors (Lipinski definition) is 3. The fourth-order valence-electron chi connectivity index (χ4n) is 1.86. The van der Waals surface area contributed by atoms with Crippen LogP contribution >= 0.6 is 28.1 Å². The van der Waals surface area contributed by atoms with Crippen molar-refractivity contribution in [3.8, 4) is 5.75 Å². The van der Waals surface area contributed by atoms with Crippen molar-refractivity contribution in [1.82, 2.24) is 5.32 Å². The van der Waals surface area contributed by atoms with Crippen LogP contribution in [0.2, 0.25) is 0 Å². The summed E-state index contributed by atoms with van der Waals surface area (Å²) in [4.78, 5) is 23.2. The minimum absolute atomic E-state index is 0.138. The lowest BCUT2D eigenvalue weighted by Crippen LogP contribution is -2.34. The van der Waals surface area contributed by atoms with E-state index in [1.807, 2.05) is 0 Å². The van der Waals surface area contributed by atoms with Crippen molar-refractivity contribution in [2.75, 3.05) is 12.4 Å². The first-order valence-corrected chi connectivity index (χ1v) is 7.96. The van der Waals surface area contributed by atoms with Crippen LogP contribution in [-0.2, 0) is 0 Å². The molecule has 2 aromatic rings. The van der Waals surface area contributed by atoms with E-state index in [-0.39, 0.29) is 11.0 Å². The summed E-state index contributed by atoms with van der Waals surface area (Å²) in [5.74, 6) is -0.242. The Bertz CT molecular complexity index is 794. The van der Waals surface area contributed by atoms with Crippen molar-refractivity contribution < 1.29 is 14.3 Å². The second-order valence-corrected chi connectivity index (χ2v) is 5.96. The van der Waals surface area contributed by atoms with Gasteiger partial charge in [0.2, 0.25) is 5.91 Å². The molecule has 0 atom stereocenters. The number of halogens is 1. The molecule has 2 aromatic carbocycles. The van der Waals surface area contributed by atoms with E-state index in [0.29, 0.717) is 27.0 Å². The predicted molar refractivity (Wildman–Crippen MR) is 99.3 cm³/mol. The van der Waals surface area contributed by atoms with Crippen molar-refractivity contribution in [3.63, 3.8) is 0 Å². The Labute approximate surface area is 152 Å². The molecule has 0 aliphatic heterocycles. The Morgan fingerprint density at radius 2 is 1.75 bits per heavy atom. The quantitative estimate of drug-likeness (QED) is 0.677. The lowest BCUT2D eigenvalue weighted by molar-refractivity contribution is 0.0975. The Morgan fingerprint density at radius 3 is 2.29 bits per heavy atom. The van der Waals surface area contributed by atoms with Gasteiger partial charge >= 0.3 is 0 Å². The molecule has 0 aliphatic carbocycles. The Balaban J connectivity index is 2.00. The summed E-state index contributed by atoms with van der Waals surface area (Å²) >= 11 is 8.43. The first-order valence-electron chi connectivity index (χ1n) is 6.76. The Hall–Kier alpha value is -2.45. The van der Waals surface area contributed by atoms with Gasteiger partial charge in [0.05, 0.1) is 11.6 Å². The largest absolute Gasteiger partial charge is 0.496 e. The highest BCUT2D eigenvalue weighted by Gasteiger charge is 2.11. The molecule has 0 saturated heterocycles. The van der Waals surface area contributed by atoms with Gasteiger partial charge in [-0.15, -0.1) is 0 Å². The average Bonchev–Trinajstić information content (AvgIpc) is 2.55. The summed E-state index contributed by atoms with van der Waals surface area (Å²) < 4.78 is 5.78. The number of nitrogens with one attached hydrogen (secondary N) is 2. The molecule has 8 heteroatoms. The van der Waals surface area contributed by atoms with E-state index in [2.05, 4.69) is 26.6 Å². The summed E-state index contributed by atoms with van der Waals surface area (Å²) in [7, 11) is 1.54. The van der Waals surface area contributed by atoms with Crippen LogP contribution < -0.4 is 21.1 Å². The number of nitrogens with two attached hydrogens (primary N) is 1. The molecule has 0 radical (unpaired) electrons. The third-order valence-electron chi connectivity index (χ3n) is 3.07. The highest BCUT2D eigenvalue weighted by Crippen LogP contribution is 2.25. The van der Waals surface area contributed by atoms with Crippen LogP contribution in [0.15, 0.2) is 46.9 Å². The number of primary amides is 1. The van der Waals surface area contributed by atoms with E-state index in [4.69, 9.17) is 22.7 Å². The molecule has 2 rings (SSSR count). The number of hydrogen-bond acceptors (Lipinski definition) is 4. The number of ether oxygens (including phenoxy) is 1. The molecule has 0 aromatic heterocycles. The van der Waals surface area contributed by atoms with Crippen LogP contribution in [0.4, 0.5) is 5.69 Å². The van der Waals surface area contributed by atoms with Gasteiger partial charge in [-0.2, -0.15) is 0 Å². The number of benzene rings is 2. The van der Waals surface area contributed by atoms with Gasteiger partial charge in [0.25, 0.3) is 5.91 Å². The highest BCUT2D eigenvalue weighted by molar-refractivity contribution is 9.10. The maximum absolute atomic E-state index is 12.2. The van der Waals surface area contributed by atoms with Gasteiger partial charge in [-0.05, 0) is 70.6 Å². The molecule has 0 bridgehead atoms. The molecular weight excluding hydrogens is 394 g/mol. The molecule has 24 heavy (non-hydrogen) atoms. The van der Waals surface area contributed by atoms with Crippen LogP contribution in [0.25, 0.3) is 0 Å². The summed E-state index contributed by atoms with van der Waals surface area (Å²) in [6, 6.07) is 11.4. The molecule has 0 aliphatic rings. The second kappa shape index (κ2) is 7.89. The van der Waals surface area contributed by atoms with E-state index in [0.717, 1.165) is 0 Å². The van der Waals surface area contributed by atoms with Crippen LogP contribution in [-0.4, -0.2) is 24.0 Å². The summed E-state index contributed by atoms with van der Waals surface area (Å²) in [5.41, 5.74) is 6.61. The van der Waals surface area contributed by atoms with Gasteiger partial charge in [0, 0.05) is 16.8 Å². The van der Waals surface area contributed by atoms with E-state index in [9.17, 15) is 9.59 Å². The highest BCUT2D eigenvalue weighted by atomic mass is 79.9. The third kappa shape index (κ3) is 4.53. The number of rotatable bonds is 4. The molecule has 124 valence electrons. The number of anilines is 1. The standard InChI is InChI=1S/C16H14BrN3O3S/c1-23-13-7-4-10(8-12(13)17)15(22)20-16(24)19-11-5-2-9(3-6-11)14(18)21/h2-8H,1H3,(H2,18,21)(H2,19,20,22,24). The van der Waals surface area contributed by atoms with Crippen LogP contribution in [0.1, 0.15) is 20.7 Å². The molecule has 0 unspecified atom stereocenters. The van der Waals surface area contributed by atoms with Gasteiger partial charge in [0.1, 0.15) is 5.75 Å². The SMILES string of the molecule is COc1ccc(C(=O)NC(=S)Nc2ccc(C(N)=O)cc2)cc1Br. The normalized spacial score (nSPS) is 9.92. The molecule has 0 saturated carbocycles. The molecule has 6 nitrogen and oxygen atoms in total. The number of thiocarbonyl (C=S) groups is 1. The zero-order chi connectivity index (χ0) is 17.7. The van der Waals surface area contributed by atoms with E-state index in [1.54, 1.807) is 49.6 Å². The maximum Gasteiger partial charge on any atom is 0.257 e. The number of amides is 2. The fraction of sp³-hybridized carbons (Fsp3) is 0.0625. The van der Waals surface area contributed by atoms with Crippen LogP contribution in [0.3, 0.4) is 0 Å². The minimum Gasteiger partial charge on any atom is -0.496 e. The molecular formula is C16H14BrN3O3S. The molecule has 4 N–H and O–H groups in total. The zero-order valence-electron chi connectivity index (χ0n) is 12.6. The van der Waals surface area contributed by atoms with Crippen molar-refractivity contribution in [3.05, 3.63) is 58.1 Å². The van der Waals surface area contributed by atoms with Gasteiger partial charge in [0.15, 0.2) is 5.11 Å². The lowest BCUT2D eigenvalue weighted by Gasteiger charge is -2.11.